The maximum atomic E-state index is 11.9. The summed E-state index contributed by atoms with van der Waals surface area (Å²) < 4.78 is 0. The van der Waals surface area contributed by atoms with E-state index in [-0.39, 0.29) is 0 Å². The standard InChI is InChI=1S/C13H20O/c1-13(2)10-6-7-11(14)8-4-3-5-9(8)12(10)13/h8-10,12H,3-7H2,1-2H3/t8-,9-,10-,12+/m1/s1. The third kappa shape index (κ3) is 0.988. The van der Waals surface area contributed by atoms with Crippen molar-refractivity contribution in [2.24, 2.45) is 29.1 Å². The van der Waals surface area contributed by atoms with Crippen LogP contribution in [0, 0.1) is 29.1 Å². The second-order valence-corrected chi connectivity index (χ2v) is 6.16. The average molecular weight is 192 g/mol. The van der Waals surface area contributed by atoms with Gasteiger partial charge in [-0.3, -0.25) is 4.79 Å². The Bertz CT molecular complexity index is 279. The van der Waals surface area contributed by atoms with Gasteiger partial charge in [0.2, 0.25) is 0 Å². The number of hydrogen-bond donors (Lipinski definition) is 0. The van der Waals surface area contributed by atoms with Crippen molar-refractivity contribution in [3.05, 3.63) is 0 Å². The van der Waals surface area contributed by atoms with Gasteiger partial charge in [-0.15, -0.1) is 0 Å². The summed E-state index contributed by atoms with van der Waals surface area (Å²) in [6.07, 6.45) is 5.90. The van der Waals surface area contributed by atoms with E-state index in [0.29, 0.717) is 17.1 Å². The molecule has 14 heavy (non-hydrogen) atoms. The lowest BCUT2D eigenvalue weighted by atomic mass is 9.85. The highest BCUT2D eigenvalue weighted by atomic mass is 16.1. The molecule has 1 nitrogen and oxygen atoms in total. The maximum Gasteiger partial charge on any atom is 0.136 e. The second-order valence-electron chi connectivity index (χ2n) is 6.16. The molecule has 0 aromatic heterocycles. The van der Waals surface area contributed by atoms with Gasteiger partial charge in [-0.05, 0) is 42.4 Å². The maximum absolute atomic E-state index is 11.9. The van der Waals surface area contributed by atoms with Gasteiger partial charge >= 0.3 is 0 Å². The van der Waals surface area contributed by atoms with E-state index in [0.717, 1.165) is 24.2 Å². The molecule has 0 saturated heterocycles. The summed E-state index contributed by atoms with van der Waals surface area (Å²) in [6, 6.07) is 0. The quantitative estimate of drug-likeness (QED) is 0.576. The number of ketones is 1. The van der Waals surface area contributed by atoms with Crippen molar-refractivity contribution in [2.45, 2.75) is 46.0 Å². The van der Waals surface area contributed by atoms with Crippen LogP contribution in [0.1, 0.15) is 46.0 Å². The van der Waals surface area contributed by atoms with Gasteiger partial charge in [0.25, 0.3) is 0 Å². The van der Waals surface area contributed by atoms with Crippen LogP contribution in [0.4, 0.5) is 0 Å². The van der Waals surface area contributed by atoms with Crippen LogP contribution in [0.5, 0.6) is 0 Å². The van der Waals surface area contributed by atoms with Crippen molar-refractivity contribution in [2.75, 3.05) is 0 Å². The van der Waals surface area contributed by atoms with Crippen LogP contribution >= 0.6 is 0 Å². The summed E-state index contributed by atoms with van der Waals surface area (Å²) in [5.74, 6) is 3.59. The predicted molar refractivity (Wildman–Crippen MR) is 55.8 cm³/mol. The average Bonchev–Trinajstić information content (AvgIpc) is 2.54. The van der Waals surface area contributed by atoms with E-state index in [9.17, 15) is 4.79 Å². The van der Waals surface area contributed by atoms with Crippen LogP contribution in [-0.2, 0) is 4.79 Å². The van der Waals surface area contributed by atoms with Gasteiger partial charge in [0.15, 0.2) is 0 Å². The Morgan fingerprint density at radius 2 is 2.00 bits per heavy atom. The molecule has 0 aromatic carbocycles. The van der Waals surface area contributed by atoms with Gasteiger partial charge in [-0.1, -0.05) is 20.3 Å². The van der Waals surface area contributed by atoms with Crippen molar-refractivity contribution >= 4 is 5.78 Å². The minimum absolute atomic E-state index is 0.465. The van der Waals surface area contributed by atoms with Crippen LogP contribution in [0.15, 0.2) is 0 Å². The van der Waals surface area contributed by atoms with Crippen molar-refractivity contribution in [1.82, 2.24) is 0 Å². The van der Waals surface area contributed by atoms with Crippen LogP contribution in [-0.4, -0.2) is 5.78 Å². The summed E-state index contributed by atoms with van der Waals surface area (Å²) in [7, 11) is 0. The second kappa shape index (κ2) is 2.62. The molecule has 4 atom stereocenters. The van der Waals surface area contributed by atoms with Gasteiger partial charge in [0.05, 0.1) is 0 Å². The smallest absolute Gasteiger partial charge is 0.136 e. The molecule has 0 amide bonds. The summed E-state index contributed by atoms with van der Waals surface area (Å²) in [6.45, 7) is 4.82. The number of Topliss-reactive ketones (excluding diaryl/α,β-unsaturated/α-hetero) is 1. The molecule has 0 radical (unpaired) electrons. The largest absolute Gasteiger partial charge is 0.299 e. The fraction of sp³-hybridized carbons (Fsp3) is 0.923. The molecule has 0 aliphatic heterocycles. The van der Waals surface area contributed by atoms with E-state index in [1.807, 2.05) is 0 Å². The first-order chi connectivity index (χ1) is 6.62. The SMILES string of the molecule is CC1(C)[C@H]2[C@@H]3CCC[C@H]3C(=O)CC[C@H]21. The van der Waals surface area contributed by atoms with E-state index in [1.165, 1.54) is 25.7 Å². The van der Waals surface area contributed by atoms with Gasteiger partial charge in [0, 0.05) is 12.3 Å². The fourth-order valence-electron chi connectivity index (χ4n) is 4.49. The monoisotopic (exact) mass is 192 g/mol. The van der Waals surface area contributed by atoms with E-state index < -0.39 is 0 Å². The Hall–Kier alpha value is -0.330. The molecule has 0 aromatic rings. The van der Waals surface area contributed by atoms with Crippen LogP contribution < -0.4 is 0 Å². The Kier molecular flexibility index (Phi) is 1.67. The molecular weight excluding hydrogens is 172 g/mol. The molecule has 3 aliphatic carbocycles. The Morgan fingerprint density at radius 3 is 2.79 bits per heavy atom. The van der Waals surface area contributed by atoms with Gasteiger partial charge in [-0.25, -0.2) is 0 Å². The number of fused-ring (bicyclic) bond motifs is 3. The lowest BCUT2D eigenvalue weighted by Crippen LogP contribution is -2.20. The lowest BCUT2D eigenvalue weighted by Gasteiger charge is -2.19. The zero-order chi connectivity index (χ0) is 9.92. The molecule has 1 heteroatoms. The minimum atomic E-state index is 0.465. The first-order valence-electron chi connectivity index (χ1n) is 6.15. The molecular formula is C13H20O. The zero-order valence-electron chi connectivity index (χ0n) is 9.25. The van der Waals surface area contributed by atoms with Crippen molar-refractivity contribution in [3.8, 4) is 0 Å². The number of carbonyl (C=O) groups excluding carboxylic acids is 1. The molecule has 3 fully saturated rings. The van der Waals surface area contributed by atoms with E-state index in [4.69, 9.17) is 0 Å². The zero-order valence-corrected chi connectivity index (χ0v) is 9.25. The molecule has 78 valence electrons. The van der Waals surface area contributed by atoms with Crippen LogP contribution in [0.25, 0.3) is 0 Å². The van der Waals surface area contributed by atoms with E-state index in [1.54, 1.807) is 0 Å². The Balaban J connectivity index is 1.90. The first-order valence-corrected chi connectivity index (χ1v) is 6.15. The third-order valence-corrected chi connectivity index (χ3v) is 5.29. The fourth-order valence-corrected chi connectivity index (χ4v) is 4.49. The molecule has 0 heterocycles. The summed E-state index contributed by atoms with van der Waals surface area (Å²) in [4.78, 5) is 11.9. The highest BCUT2D eigenvalue weighted by molar-refractivity contribution is 5.82. The molecule has 0 N–H and O–H groups in total. The Morgan fingerprint density at radius 1 is 1.21 bits per heavy atom. The molecule has 3 aliphatic rings. The van der Waals surface area contributed by atoms with E-state index >= 15 is 0 Å². The minimum Gasteiger partial charge on any atom is -0.299 e. The highest BCUT2D eigenvalue weighted by Gasteiger charge is 2.63. The van der Waals surface area contributed by atoms with E-state index in [2.05, 4.69) is 13.8 Å². The molecule has 3 rings (SSSR count). The summed E-state index contributed by atoms with van der Waals surface area (Å²) in [5.41, 5.74) is 0.563. The molecule has 0 spiro atoms. The molecule has 0 unspecified atom stereocenters. The highest BCUT2D eigenvalue weighted by Crippen LogP contribution is 2.68. The van der Waals surface area contributed by atoms with Gasteiger partial charge in [-0.2, -0.15) is 0 Å². The first kappa shape index (κ1) is 8.94. The third-order valence-electron chi connectivity index (χ3n) is 5.29. The summed E-state index contributed by atoms with van der Waals surface area (Å²) >= 11 is 0. The topological polar surface area (TPSA) is 17.1 Å². The Labute approximate surface area is 86.3 Å². The number of rotatable bonds is 0. The molecule has 0 bridgehead atoms. The predicted octanol–water partition coefficient (Wildman–Crippen LogP) is 3.04. The van der Waals surface area contributed by atoms with Crippen molar-refractivity contribution in [3.63, 3.8) is 0 Å². The van der Waals surface area contributed by atoms with Gasteiger partial charge in [0.1, 0.15) is 5.78 Å². The summed E-state index contributed by atoms with van der Waals surface area (Å²) in [5, 5.41) is 0. The normalized spacial score (nSPS) is 49.4. The van der Waals surface area contributed by atoms with Crippen LogP contribution in [0.3, 0.4) is 0 Å². The number of hydrogen-bond acceptors (Lipinski definition) is 1. The van der Waals surface area contributed by atoms with Crippen molar-refractivity contribution in [1.29, 1.82) is 0 Å². The van der Waals surface area contributed by atoms with Gasteiger partial charge < -0.3 is 0 Å². The van der Waals surface area contributed by atoms with Crippen LogP contribution in [0.2, 0.25) is 0 Å². The lowest BCUT2D eigenvalue weighted by molar-refractivity contribution is -0.123. The number of carbonyl (C=O) groups is 1. The van der Waals surface area contributed by atoms with Crippen molar-refractivity contribution < 1.29 is 4.79 Å². The molecule has 3 saturated carbocycles.